The van der Waals surface area contributed by atoms with Crippen LogP contribution in [0.1, 0.15) is 40.8 Å². The largest absolute Gasteiger partial charge is 0.341 e. The van der Waals surface area contributed by atoms with Gasteiger partial charge in [-0.1, -0.05) is 36.4 Å². The number of carbonyl (C=O) groups excluding carboxylic acids is 3. The van der Waals surface area contributed by atoms with Crippen LogP contribution >= 0.6 is 0 Å². The fourth-order valence-electron chi connectivity index (χ4n) is 5.16. The van der Waals surface area contributed by atoms with Crippen molar-refractivity contribution in [2.24, 2.45) is 0 Å². The van der Waals surface area contributed by atoms with Crippen LogP contribution in [-0.2, 0) is 23.8 Å². The van der Waals surface area contributed by atoms with Crippen molar-refractivity contribution < 1.29 is 33.4 Å². The predicted octanol–water partition coefficient (Wildman–Crippen LogP) is 2.75. The SMILES string of the molecule is CON(C)C(=O)C1OC(n2cnc3c(N(C(=O)c4ccccc4)C(=O)c4ccccc4)ncnc32)C2OC(C)(C)OC12. The molecule has 2 aromatic heterocycles. The molecule has 2 aromatic carbocycles. The van der Waals surface area contributed by atoms with Gasteiger partial charge in [-0.25, -0.2) is 24.9 Å². The first kappa shape index (κ1) is 27.6. The van der Waals surface area contributed by atoms with Crippen LogP contribution in [0, 0.1) is 0 Å². The zero-order valence-corrected chi connectivity index (χ0v) is 23.3. The van der Waals surface area contributed by atoms with Gasteiger partial charge in [-0.2, -0.15) is 0 Å². The summed E-state index contributed by atoms with van der Waals surface area (Å²) in [5.74, 6) is -2.62. The molecule has 216 valence electrons. The molecule has 13 heteroatoms. The Bertz CT molecular complexity index is 1590. The number of ether oxygens (including phenoxy) is 3. The number of amides is 3. The number of anilines is 1. The lowest BCUT2D eigenvalue weighted by molar-refractivity contribution is -0.211. The molecule has 0 bridgehead atoms. The van der Waals surface area contributed by atoms with Crippen LogP contribution in [0.25, 0.3) is 11.2 Å². The number of imidazole rings is 1. The Morgan fingerprint density at radius 2 is 1.48 bits per heavy atom. The van der Waals surface area contributed by atoms with Crippen molar-refractivity contribution in [1.29, 1.82) is 0 Å². The summed E-state index contributed by atoms with van der Waals surface area (Å²) in [5, 5.41) is 1.06. The highest BCUT2D eigenvalue weighted by Crippen LogP contribution is 2.44. The van der Waals surface area contributed by atoms with Crippen LogP contribution in [0.15, 0.2) is 73.3 Å². The summed E-state index contributed by atoms with van der Waals surface area (Å²) in [7, 11) is 2.85. The molecule has 0 N–H and O–H groups in total. The Morgan fingerprint density at radius 1 is 0.881 bits per heavy atom. The van der Waals surface area contributed by atoms with Gasteiger partial charge in [0.1, 0.15) is 18.5 Å². The van der Waals surface area contributed by atoms with Crippen molar-refractivity contribution in [3.8, 4) is 0 Å². The summed E-state index contributed by atoms with van der Waals surface area (Å²) >= 11 is 0. The van der Waals surface area contributed by atoms with E-state index in [0.717, 1.165) is 9.96 Å². The lowest BCUT2D eigenvalue weighted by Gasteiger charge is -2.25. The van der Waals surface area contributed by atoms with E-state index < -0.39 is 48.0 Å². The first-order valence-electron chi connectivity index (χ1n) is 13.2. The summed E-state index contributed by atoms with van der Waals surface area (Å²) in [6.07, 6.45) is -0.686. The van der Waals surface area contributed by atoms with Gasteiger partial charge in [0, 0.05) is 18.2 Å². The number of benzene rings is 2. The molecule has 2 fully saturated rings. The van der Waals surface area contributed by atoms with Gasteiger partial charge in [0.05, 0.1) is 13.4 Å². The molecule has 4 heterocycles. The summed E-state index contributed by atoms with van der Waals surface area (Å²) in [4.78, 5) is 60.0. The van der Waals surface area contributed by atoms with Crippen LogP contribution < -0.4 is 4.90 Å². The lowest BCUT2D eigenvalue weighted by atomic mass is 10.1. The van der Waals surface area contributed by atoms with E-state index in [9.17, 15) is 14.4 Å². The standard InChI is InChI=1S/C29H28N6O7/c1-29(2)41-20-21(27(38)33(3)39-4)40-28(22(20)42-29)34-16-32-19-23(34)30-15-31-24(19)35(25(36)17-11-7-5-8-12-17)26(37)18-13-9-6-10-14-18/h5-16,20-22,28H,1-4H3. The highest BCUT2D eigenvalue weighted by molar-refractivity contribution is 6.27. The summed E-state index contributed by atoms with van der Waals surface area (Å²) in [6, 6.07) is 16.8. The Morgan fingerprint density at radius 3 is 2.07 bits per heavy atom. The molecular formula is C29H28N6O7. The molecule has 4 unspecified atom stereocenters. The van der Waals surface area contributed by atoms with Gasteiger partial charge >= 0.3 is 0 Å². The van der Waals surface area contributed by atoms with E-state index in [2.05, 4.69) is 15.0 Å². The highest BCUT2D eigenvalue weighted by atomic mass is 16.8. The lowest BCUT2D eigenvalue weighted by Crippen LogP contribution is -2.43. The first-order valence-corrected chi connectivity index (χ1v) is 13.2. The predicted molar refractivity (Wildman–Crippen MR) is 147 cm³/mol. The Hall–Kier alpha value is -4.56. The zero-order chi connectivity index (χ0) is 29.6. The van der Waals surface area contributed by atoms with Gasteiger partial charge in [0.2, 0.25) is 0 Å². The smallest absolute Gasteiger partial charge is 0.277 e. The van der Waals surface area contributed by atoms with Crippen LogP contribution in [0.2, 0.25) is 0 Å². The van der Waals surface area contributed by atoms with E-state index in [1.807, 2.05) is 0 Å². The first-order chi connectivity index (χ1) is 20.2. The molecule has 0 saturated carbocycles. The molecular weight excluding hydrogens is 544 g/mol. The summed E-state index contributed by atoms with van der Waals surface area (Å²) in [6.45, 7) is 3.50. The number of rotatable bonds is 6. The molecule has 42 heavy (non-hydrogen) atoms. The maximum atomic E-state index is 13.8. The third-order valence-corrected chi connectivity index (χ3v) is 7.13. The van der Waals surface area contributed by atoms with Gasteiger partial charge in [0.15, 0.2) is 35.1 Å². The maximum absolute atomic E-state index is 13.8. The average molecular weight is 573 g/mol. The normalized spacial score (nSPS) is 22.6. The van der Waals surface area contributed by atoms with Crippen LogP contribution in [0.4, 0.5) is 5.82 Å². The summed E-state index contributed by atoms with van der Waals surface area (Å²) < 4.78 is 20.0. The van der Waals surface area contributed by atoms with Crippen molar-refractivity contribution in [3.05, 3.63) is 84.4 Å². The second-order valence-electron chi connectivity index (χ2n) is 10.2. The van der Waals surface area contributed by atoms with Crippen molar-refractivity contribution in [3.63, 3.8) is 0 Å². The molecule has 13 nitrogen and oxygen atoms in total. The maximum Gasteiger partial charge on any atom is 0.277 e. The van der Waals surface area contributed by atoms with Gasteiger partial charge in [-0.15, -0.1) is 0 Å². The van der Waals surface area contributed by atoms with Gasteiger partial charge in [-0.05, 0) is 38.1 Å². The van der Waals surface area contributed by atoms with Crippen molar-refractivity contribution in [1.82, 2.24) is 24.6 Å². The zero-order valence-electron chi connectivity index (χ0n) is 23.3. The van der Waals surface area contributed by atoms with E-state index in [-0.39, 0.29) is 28.1 Å². The molecule has 4 atom stereocenters. The van der Waals surface area contributed by atoms with Crippen LogP contribution in [0.3, 0.4) is 0 Å². The number of hydroxylamine groups is 2. The van der Waals surface area contributed by atoms with E-state index in [1.54, 1.807) is 79.1 Å². The van der Waals surface area contributed by atoms with Crippen molar-refractivity contribution in [2.75, 3.05) is 19.1 Å². The Labute approximate surface area is 240 Å². The number of nitrogens with zero attached hydrogens (tertiary/aromatic N) is 6. The number of carbonyl (C=O) groups is 3. The third-order valence-electron chi connectivity index (χ3n) is 7.13. The van der Waals surface area contributed by atoms with E-state index in [1.165, 1.54) is 26.8 Å². The fourth-order valence-corrected chi connectivity index (χ4v) is 5.16. The van der Waals surface area contributed by atoms with E-state index in [4.69, 9.17) is 19.0 Å². The third kappa shape index (κ3) is 4.71. The van der Waals surface area contributed by atoms with Crippen molar-refractivity contribution in [2.45, 2.75) is 44.2 Å². The minimum Gasteiger partial charge on any atom is -0.341 e. The molecule has 3 amide bonds. The number of imide groups is 1. The fraction of sp³-hybridized carbons (Fsp3) is 0.310. The molecule has 0 radical (unpaired) electrons. The highest BCUT2D eigenvalue weighted by Gasteiger charge is 2.59. The Balaban J connectivity index is 1.44. The van der Waals surface area contributed by atoms with E-state index >= 15 is 0 Å². The number of likely N-dealkylation sites (N-methyl/N-ethyl adjacent to an activating group) is 1. The number of fused-ring (bicyclic) bond motifs is 2. The number of hydrogen-bond acceptors (Lipinski definition) is 10. The molecule has 0 aliphatic carbocycles. The monoisotopic (exact) mass is 572 g/mol. The molecule has 2 aliphatic heterocycles. The van der Waals surface area contributed by atoms with Gasteiger partial charge in [-0.3, -0.25) is 23.8 Å². The number of aromatic nitrogens is 4. The second-order valence-corrected chi connectivity index (χ2v) is 10.2. The van der Waals surface area contributed by atoms with Crippen LogP contribution in [0.5, 0.6) is 0 Å². The minimum absolute atomic E-state index is 0.00772. The molecule has 0 spiro atoms. The summed E-state index contributed by atoms with van der Waals surface area (Å²) in [5.41, 5.74) is 1.01. The molecule has 6 rings (SSSR count). The average Bonchev–Trinajstić information content (AvgIpc) is 3.68. The minimum atomic E-state index is -1.04. The van der Waals surface area contributed by atoms with Crippen molar-refractivity contribution >= 4 is 34.7 Å². The van der Waals surface area contributed by atoms with E-state index in [0.29, 0.717) is 0 Å². The van der Waals surface area contributed by atoms with Crippen LogP contribution in [-0.4, -0.2) is 80.6 Å². The second kappa shape index (κ2) is 10.7. The Kier molecular flexibility index (Phi) is 7.02. The molecule has 2 aliphatic rings. The molecule has 4 aromatic rings. The van der Waals surface area contributed by atoms with Gasteiger partial charge in [0.25, 0.3) is 17.7 Å². The quantitative estimate of drug-likeness (QED) is 0.250. The topological polar surface area (TPSA) is 138 Å². The molecule has 2 saturated heterocycles. The number of hydrogen-bond donors (Lipinski definition) is 0. The van der Waals surface area contributed by atoms with Gasteiger partial charge < -0.3 is 14.2 Å².